The van der Waals surface area contributed by atoms with Gasteiger partial charge in [-0.3, -0.25) is 9.59 Å². The zero-order chi connectivity index (χ0) is 17.8. The second-order valence-corrected chi connectivity index (χ2v) is 8.20. The average Bonchev–Trinajstić information content (AvgIpc) is 2.44. The summed E-state index contributed by atoms with van der Waals surface area (Å²) in [7, 11) is -0.0182. The minimum absolute atomic E-state index is 0.150. The summed E-state index contributed by atoms with van der Waals surface area (Å²) in [4.78, 5) is 26.1. The maximum atomic E-state index is 12.3. The van der Waals surface area contributed by atoms with Gasteiger partial charge in [-0.05, 0) is 36.6 Å². The van der Waals surface area contributed by atoms with Crippen LogP contribution in [0.1, 0.15) is 30.6 Å². The fourth-order valence-corrected chi connectivity index (χ4v) is 2.73. The molecule has 1 N–H and O–H groups in total. The van der Waals surface area contributed by atoms with E-state index in [1.54, 1.807) is 14.1 Å². The molecular weight excluding hydrogens is 316 g/mol. The van der Waals surface area contributed by atoms with Crippen LogP contribution in [0.5, 0.6) is 0 Å². The highest BCUT2D eigenvalue weighted by Gasteiger charge is 2.24. The highest BCUT2D eigenvalue weighted by Crippen LogP contribution is 2.12. The number of likely N-dealkylation sites (N-methyl/N-ethyl adjacent to an activating group) is 1. The zero-order valence-corrected chi connectivity index (χ0v) is 15.0. The SMILES string of the molecule is CC(C)C[C@@H](NC(=O)c1ccc(S(C)(=O)=O)cc1)C(=O)N(C)C. The van der Waals surface area contributed by atoms with Crippen LogP contribution in [0.15, 0.2) is 29.2 Å². The van der Waals surface area contributed by atoms with Crippen molar-refractivity contribution in [3.63, 3.8) is 0 Å². The van der Waals surface area contributed by atoms with Gasteiger partial charge in [-0.25, -0.2) is 8.42 Å². The van der Waals surface area contributed by atoms with E-state index in [-0.39, 0.29) is 16.7 Å². The van der Waals surface area contributed by atoms with E-state index in [9.17, 15) is 18.0 Å². The summed E-state index contributed by atoms with van der Waals surface area (Å²) in [5.41, 5.74) is 0.317. The van der Waals surface area contributed by atoms with Gasteiger partial charge in [0.2, 0.25) is 5.91 Å². The number of carbonyl (C=O) groups excluding carboxylic acids is 2. The van der Waals surface area contributed by atoms with Gasteiger partial charge < -0.3 is 10.2 Å². The van der Waals surface area contributed by atoms with Crippen LogP contribution < -0.4 is 5.32 Å². The molecule has 1 aromatic rings. The smallest absolute Gasteiger partial charge is 0.251 e. The quantitative estimate of drug-likeness (QED) is 0.846. The summed E-state index contributed by atoms with van der Waals surface area (Å²) < 4.78 is 22.9. The van der Waals surface area contributed by atoms with Gasteiger partial charge in [0.25, 0.3) is 5.91 Å². The number of amides is 2. The first-order valence-corrected chi connectivity index (χ1v) is 9.23. The van der Waals surface area contributed by atoms with Crippen LogP contribution in [0.2, 0.25) is 0 Å². The third-order valence-corrected chi connectivity index (χ3v) is 4.42. The van der Waals surface area contributed by atoms with Crippen LogP contribution in [0.4, 0.5) is 0 Å². The Balaban J connectivity index is 2.92. The predicted octanol–water partition coefficient (Wildman–Crippen LogP) is 1.32. The molecule has 0 fully saturated rings. The van der Waals surface area contributed by atoms with Gasteiger partial charge in [0.05, 0.1) is 4.90 Å². The van der Waals surface area contributed by atoms with Gasteiger partial charge in [-0.1, -0.05) is 13.8 Å². The Bertz CT molecular complexity index is 664. The standard InChI is InChI=1S/C16H24N2O4S/c1-11(2)10-14(16(20)18(3)4)17-15(19)12-6-8-13(9-7-12)23(5,21)22/h6-9,11,14H,10H2,1-5H3,(H,17,19)/t14-/m1/s1. The largest absolute Gasteiger partial charge is 0.347 e. The number of nitrogens with one attached hydrogen (secondary N) is 1. The van der Waals surface area contributed by atoms with Crippen molar-refractivity contribution < 1.29 is 18.0 Å². The van der Waals surface area contributed by atoms with Gasteiger partial charge in [0.15, 0.2) is 9.84 Å². The maximum Gasteiger partial charge on any atom is 0.251 e. The molecule has 0 unspecified atom stereocenters. The molecule has 0 radical (unpaired) electrons. The third-order valence-electron chi connectivity index (χ3n) is 3.30. The maximum absolute atomic E-state index is 12.3. The van der Waals surface area contributed by atoms with E-state index in [0.29, 0.717) is 12.0 Å². The summed E-state index contributed by atoms with van der Waals surface area (Å²) in [5.74, 6) is -0.317. The van der Waals surface area contributed by atoms with Crippen molar-refractivity contribution in [1.29, 1.82) is 0 Å². The van der Waals surface area contributed by atoms with Crippen LogP contribution in [-0.4, -0.2) is 51.5 Å². The monoisotopic (exact) mass is 340 g/mol. The van der Waals surface area contributed by atoms with E-state index in [4.69, 9.17) is 0 Å². The Kier molecular flexibility index (Phi) is 6.32. The second-order valence-electron chi connectivity index (χ2n) is 6.18. The van der Waals surface area contributed by atoms with Crippen LogP contribution in [0, 0.1) is 5.92 Å². The molecule has 128 valence electrons. The lowest BCUT2D eigenvalue weighted by Gasteiger charge is -2.23. The van der Waals surface area contributed by atoms with Crippen molar-refractivity contribution in [2.24, 2.45) is 5.92 Å². The highest BCUT2D eigenvalue weighted by atomic mass is 32.2. The molecule has 2 amide bonds. The number of hydrogen-bond acceptors (Lipinski definition) is 4. The number of carbonyl (C=O) groups is 2. The van der Waals surface area contributed by atoms with E-state index in [0.717, 1.165) is 6.26 Å². The fraction of sp³-hybridized carbons (Fsp3) is 0.500. The Morgan fingerprint density at radius 3 is 2.04 bits per heavy atom. The number of benzene rings is 1. The first kappa shape index (κ1) is 19.2. The number of sulfone groups is 1. The lowest BCUT2D eigenvalue weighted by atomic mass is 10.0. The molecule has 0 saturated heterocycles. The molecule has 1 rings (SSSR count). The van der Waals surface area contributed by atoms with E-state index in [1.165, 1.54) is 29.2 Å². The molecule has 0 aromatic heterocycles. The molecule has 7 heteroatoms. The van der Waals surface area contributed by atoms with Crippen molar-refractivity contribution >= 4 is 21.7 Å². The normalized spacial score (nSPS) is 12.8. The number of nitrogens with zero attached hydrogens (tertiary/aromatic N) is 1. The number of rotatable bonds is 6. The van der Waals surface area contributed by atoms with Crippen molar-refractivity contribution in [3.05, 3.63) is 29.8 Å². The molecule has 1 aromatic carbocycles. The van der Waals surface area contributed by atoms with E-state index in [2.05, 4.69) is 5.32 Å². The minimum atomic E-state index is -3.30. The summed E-state index contributed by atoms with van der Waals surface area (Å²) >= 11 is 0. The van der Waals surface area contributed by atoms with Crippen molar-refractivity contribution in [1.82, 2.24) is 10.2 Å². The van der Waals surface area contributed by atoms with Crippen molar-refractivity contribution in [2.75, 3.05) is 20.4 Å². The molecule has 23 heavy (non-hydrogen) atoms. The third kappa shape index (κ3) is 5.67. The lowest BCUT2D eigenvalue weighted by Crippen LogP contribution is -2.46. The Morgan fingerprint density at radius 2 is 1.65 bits per heavy atom. The lowest BCUT2D eigenvalue weighted by molar-refractivity contribution is -0.131. The number of hydrogen-bond donors (Lipinski definition) is 1. The van der Waals surface area contributed by atoms with Crippen LogP contribution in [-0.2, 0) is 14.6 Å². The topological polar surface area (TPSA) is 83.5 Å². The Morgan fingerprint density at radius 1 is 1.13 bits per heavy atom. The molecule has 0 aliphatic carbocycles. The summed E-state index contributed by atoms with van der Waals surface area (Å²) in [6.07, 6.45) is 1.64. The van der Waals surface area contributed by atoms with Crippen molar-refractivity contribution in [3.8, 4) is 0 Å². The van der Waals surface area contributed by atoms with Crippen LogP contribution in [0.3, 0.4) is 0 Å². The molecule has 0 spiro atoms. The average molecular weight is 340 g/mol. The Labute approximate surface area is 137 Å². The summed E-state index contributed by atoms with van der Waals surface area (Å²) in [6.45, 7) is 3.95. The molecular formula is C16H24N2O4S. The zero-order valence-electron chi connectivity index (χ0n) is 14.2. The predicted molar refractivity (Wildman–Crippen MR) is 89.0 cm³/mol. The molecule has 6 nitrogen and oxygen atoms in total. The van der Waals surface area contributed by atoms with Crippen molar-refractivity contribution in [2.45, 2.75) is 31.2 Å². The van der Waals surface area contributed by atoms with Crippen LogP contribution >= 0.6 is 0 Å². The van der Waals surface area contributed by atoms with Gasteiger partial charge in [0, 0.05) is 25.9 Å². The van der Waals surface area contributed by atoms with E-state index < -0.39 is 21.8 Å². The van der Waals surface area contributed by atoms with Crippen LogP contribution in [0.25, 0.3) is 0 Å². The second kappa shape index (κ2) is 7.59. The van der Waals surface area contributed by atoms with Gasteiger partial charge in [0.1, 0.15) is 6.04 Å². The molecule has 1 atom stereocenters. The molecule has 0 aliphatic rings. The summed E-state index contributed by atoms with van der Waals surface area (Å²) in [5, 5.41) is 2.72. The minimum Gasteiger partial charge on any atom is -0.347 e. The first-order chi connectivity index (χ1) is 10.5. The van der Waals surface area contributed by atoms with E-state index in [1.807, 2.05) is 13.8 Å². The molecule has 0 aliphatic heterocycles. The molecule has 0 saturated carbocycles. The van der Waals surface area contributed by atoms with Gasteiger partial charge in [-0.15, -0.1) is 0 Å². The first-order valence-electron chi connectivity index (χ1n) is 7.34. The van der Waals surface area contributed by atoms with Gasteiger partial charge >= 0.3 is 0 Å². The summed E-state index contributed by atoms with van der Waals surface area (Å²) in [6, 6.07) is 5.05. The van der Waals surface area contributed by atoms with Gasteiger partial charge in [-0.2, -0.15) is 0 Å². The molecule has 0 heterocycles. The fourth-order valence-electron chi connectivity index (χ4n) is 2.10. The Hall–Kier alpha value is -1.89. The molecule has 0 bridgehead atoms. The van der Waals surface area contributed by atoms with E-state index >= 15 is 0 Å². The highest BCUT2D eigenvalue weighted by molar-refractivity contribution is 7.90.